The maximum Gasteiger partial charge on any atom is 0.264 e. The summed E-state index contributed by atoms with van der Waals surface area (Å²) in [7, 11) is 0. The van der Waals surface area contributed by atoms with Crippen molar-refractivity contribution >= 4 is 57.7 Å². The van der Waals surface area contributed by atoms with E-state index < -0.39 is 29.7 Å². The monoisotopic (exact) mass is 905 g/mol. The van der Waals surface area contributed by atoms with Gasteiger partial charge in [-0.25, -0.2) is 9.97 Å². The van der Waals surface area contributed by atoms with Gasteiger partial charge < -0.3 is 29.3 Å². The minimum absolute atomic E-state index is 0.0127. The van der Waals surface area contributed by atoms with Crippen LogP contribution in [0.3, 0.4) is 0 Å². The van der Waals surface area contributed by atoms with E-state index in [2.05, 4.69) is 20.5 Å². The van der Waals surface area contributed by atoms with Crippen LogP contribution in [0, 0.1) is 6.92 Å². The summed E-state index contributed by atoms with van der Waals surface area (Å²) in [6, 6.07) is 7.85. The zero-order chi connectivity index (χ0) is 46.3. The van der Waals surface area contributed by atoms with Crippen LogP contribution in [0.15, 0.2) is 47.5 Å². The molecule has 5 amide bonds. The molecule has 19 nitrogen and oxygen atoms in total. The van der Waals surface area contributed by atoms with Gasteiger partial charge in [-0.2, -0.15) is 0 Å². The van der Waals surface area contributed by atoms with Gasteiger partial charge in [0.05, 0.1) is 81.1 Å². The van der Waals surface area contributed by atoms with Crippen LogP contribution in [0.25, 0.3) is 11.0 Å². The minimum Gasteiger partial charge on any atom is -0.382 e. The molecule has 2 saturated heterocycles. The van der Waals surface area contributed by atoms with Gasteiger partial charge in [-0.3, -0.25) is 53.3 Å². The number of anilines is 2. The van der Waals surface area contributed by atoms with Gasteiger partial charge in [-0.05, 0) is 62.9 Å². The molecule has 8 rings (SSSR count). The maximum absolute atomic E-state index is 13.6. The van der Waals surface area contributed by atoms with Crippen LogP contribution in [0.1, 0.15) is 106 Å². The zero-order valence-electron chi connectivity index (χ0n) is 37.3. The third kappa shape index (κ3) is 10.0. The number of pyridine rings is 2. The first-order valence-corrected chi connectivity index (χ1v) is 22.7. The van der Waals surface area contributed by atoms with Crippen LogP contribution < -0.4 is 21.1 Å². The molecule has 3 fully saturated rings. The topological polar surface area (TPSA) is 225 Å². The number of ketones is 1. The number of hydrogen-bond donors (Lipinski definition) is 2. The number of benzene rings is 1. The number of imide groups is 2. The molecular weight excluding hydrogens is 851 g/mol. The van der Waals surface area contributed by atoms with Gasteiger partial charge in [0.25, 0.3) is 17.4 Å². The van der Waals surface area contributed by atoms with Crippen LogP contribution in [0.4, 0.5) is 11.4 Å². The van der Waals surface area contributed by atoms with E-state index in [-0.39, 0.29) is 65.9 Å². The Morgan fingerprint density at radius 3 is 2.26 bits per heavy atom. The Hall–Kier alpha value is -6.44. The van der Waals surface area contributed by atoms with Crippen LogP contribution in [0.5, 0.6) is 0 Å². The second-order valence-electron chi connectivity index (χ2n) is 16.9. The first-order chi connectivity index (χ1) is 32.0. The van der Waals surface area contributed by atoms with E-state index >= 15 is 0 Å². The summed E-state index contributed by atoms with van der Waals surface area (Å²) >= 11 is 0. The van der Waals surface area contributed by atoms with Crippen molar-refractivity contribution in [2.24, 2.45) is 0 Å². The molecule has 1 saturated carbocycles. The fourth-order valence-electron chi connectivity index (χ4n) is 9.23. The Balaban J connectivity index is 0.693. The summed E-state index contributed by atoms with van der Waals surface area (Å²) < 4.78 is 18.6. The molecule has 1 aliphatic carbocycles. The number of nitrogens with one attached hydrogen (secondary N) is 2. The summed E-state index contributed by atoms with van der Waals surface area (Å²) in [5.41, 5.74) is 3.75. The smallest absolute Gasteiger partial charge is 0.264 e. The van der Waals surface area contributed by atoms with Gasteiger partial charge in [-0.1, -0.05) is 18.9 Å². The van der Waals surface area contributed by atoms with Gasteiger partial charge >= 0.3 is 0 Å². The molecule has 6 heterocycles. The average Bonchev–Trinajstić information content (AvgIpc) is 3.93. The highest BCUT2D eigenvalue weighted by molar-refractivity contribution is 6.25. The van der Waals surface area contributed by atoms with Crippen LogP contribution in [-0.2, 0) is 35.0 Å². The number of carbonyl (C=O) groups is 6. The molecule has 1 atom stereocenters. The summed E-state index contributed by atoms with van der Waals surface area (Å²) in [5.74, 6) is -1.87. The Morgan fingerprint density at radius 2 is 1.56 bits per heavy atom. The number of amides is 5. The fourth-order valence-corrected chi connectivity index (χ4v) is 9.23. The fraction of sp³-hybridized carbons (Fsp3) is 0.489. The highest BCUT2D eigenvalue weighted by Gasteiger charge is 2.45. The molecule has 2 N–H and O–H groups in total. The third-order valence-corrected chi connectivity index (χ3v) is 12.7. The molecule has 348 valence electrons. The first kappa shape index (κ1) is 46.1. The first-order valence-electron chi connectivity index (χ1n) is 22.7. The number of Topliss-reactive ketones (excluding diaryl/α,β-unsaturated/α-hetero) is 1. The molecule has 0 bridgehead atoms. The minimum atomic E-state index is -1.03. The number of nitrogens with zero attached hydrogens (tertiary/aromatic N) is 7. The Bertz CT molecular complexity index is 2570. The Morgan fingerprint density at radius 1 is 0.833 bits per heavy atom. The second-order valence-corrected chi connectivity index (χ2v) is 16.9. The number of carbonyl (C=O) groups excluding carboxylic acids is 6. The maximum atomic E-state index is 13.6. The van der Waals surface area contributed by atoms with Crippen LogP contribution >= 0.6 is 0 Å². The molecule has 3 aromatic heterocycles. The molecule has 1 aromatic carbocycles. The third-order valence-electron chi connectivity index (χ3n) is 12.7. The molecule has 0 radical (unpaired) electrons. The molecule has 1 unspecified atom stereocenters. The summed E-state index contributed by atoms with van der Waals surface area (Å²) in [4.78, 5) is 108. The zero-order valence-corrected chi connectivity index (χ0v) is 37.3. The van der Waals surface area contributed by atoms with Crippen molar-refractivity contribution in [2.45, 2.75) is 77.3 Å². The van der Waals surface area contributed by atoms with Crippen molar-refractivity contribution in [3.8, 4) is 0 Å². The highest BCUT2D eigenvalue weighted by Crippen LogP contribution is 2.33. The van der Waals surface area contributed by atoms with Crippen molar-refractivity contribution in [3.63, 3.8) is 0 Å². The molecule has 0 spiro atoms. The number of rotatable bonds is 19. The van der Waals surface area contributed by atoms with Gasteiger partial charge in [0.2, 0.25) is 17.7 Å². The van der Waals surface area contributed by atoms with Crippen molar-refractivity contribution in [1.82, 2.24) is 34.6 Å². The molecule has 4 aliphatic rings. The Kier molecular flexibility index (Phi) is 14.5. The quantitative estimate of drug-likeness (QED) is 0.0784. The van der Waals surface area contributed by atoms with Gasteiger partial charge in [0.1, 0.15) is 17.5 Å². The number of aryl methyl sites for hydroxylation is 1. The van der Waals surface area contributed by atoms with Crippen molar-refractivity contribution in [1.29, 1.82) is 0 Å². The van der Waals surface area contributed by atoms with Gasteiger partial charge in [0, 0.05) is 68.2 Å². The van der Waals surface area contributed by atoms with E-state index in [9.17, 15) is 33.6 Å². The lowest BCUT2D eigenvalue weighted by Crippen LogP contribution is -2.54. The van der Waals surface area contributed by atoms with Gasteiger partial charge in [-0.15, -0.1) is 0 Å². The molecule has 4 aromatic rings. The van der Waals surface area contributed by atoms with E-state index in [1.807, 2.05) is 23.2 Å². The van der Waals surface area contributed by atoms with E-state index in [1.54, 1.807) is 35.9 Å². The highest BCUT2D eigenvalue weighted by atomic mass is 16.5. The number of fused-ring (bicyclic) bond motifs is 2. The predicted octanol–water partition coefficient (Wildman–Crippen LogP) is 3.01. The second kappa shape index (κ2) is 20.8. The molecule has 3 aliphatic heterocycles. The van der Waals surface area contributed by atoms with Gasteiger partial charge in [0.15, 0.2) is 5.78 Å². The number of piperazine rings is 1. The van der Waals surface area contributed by atoms with Crippen molar-refractivity contribution in [3.05, 3.63) is 86.9 Å². The number of hydrogen-bond acceptors (Lipinski definition) is 15. The SMILES string of the molecule is CC(=O)c1c(C)c2cnc(Cc3ccc(N4CCN(C(=O)CCOCCOCCOCCNc5cccc6c5C(=O)N(C5CCC(=O)NC5=O)C6=O)CC4)cn3)nc2n(C2CCCC2)c1=O. The number of aromatic nitrogens is 4. The van der Waals surface area contributed by atoms with Crippen molar-refractivity contribution in [2.75, 3.05) is 82.6 Å². The molecule has 66 heavy (non-hydrogen) atoms. The number of ether oxygens (including phenoxy) is 3. The normalized spacial score (nSPS) is 17.8. The summed E-state index contributed by atoms with van der Waals surface area (Å²) in [6.07, 6.45) is 8.19. The largest absolute Gasteiger partial charge is 0.382 e. The lowest BCUT2D eigenvalue weighted by molar-refractivity contribution is -0.136. The van der Waals surface area contributed by atoms with E-state index in [4.69, 9.17) is 24.2 Å². The van der Waals surface area contributed by atoms with E-state index in [0.717, 1.165) is 47.4 Å². The van der Waals surface area contributed by atoms with Crippen LogP contribution in [-0.4, -0.2) is 143 Å². The number of piperidine rings is 1. The van der Waals surface area contributed by atoms with E-state index in [0.29, 0.717) is 94.9 Å². The lowest BCUT2D eigenvalue weighted by atomic mass is 10.0. The molecule has 19 heteroatoms. The summed E-state index contributed by atoms with van der Waals surface area (Å²) in [5, 5.41) is 6.06. The average molecular weight is 906 g/mol. The lowest BCUT2D eigenvalue weighted by Gasteiger charge is -2.36. The van der Waals surface area contributed by atoms with Crippen LogP contribution in [0.2, 0.25) is 0 Å². The van der Waals surface area contributed by atoms with E-state index in [1.165, 1.54) is 6.92 Å². The predicted molar refractivity (Wildman–Crippen MR) is 241 cm³/mol. The Labute approximate surface area is 381 Å². The molecular formula is C47H55N9O10. The standard InChI is InChI=1S/C47H55N9O10/c1-29-35-28-50-38(51-43(35)55(32-6-3-4-7-32)46(62)41(29)30(2)57)26-31-10-11-33(27-49-31)53-16-18-54(19-17-53)40(59)14-20-64-22-24-66-25-23-65-21-15-48-36-9-5-8-34-42(36)47(63)56(45(34)61)37-12-13-39(58)52-44(37)60/h5,8-11,27-28,32,37,48H,3-4,6-7,12-26H2,1-2H3,(H,52,58,60). The van der Waals surface area contributed by atoms with Crippen molar-refractivity contribution < 1.29 is 43.0 Å². The summed E-state index contributed by atoms with van der Waals surface area (Å²) in [6.45, 7) is 8.06.